The van der Waals surface area contributed by atoms with Gasteiger partial charge >= 0.3 is 5.97 Å². The number of hydrogen-bond donors (Lipinski definition) is 3. The van der Waals surface area contributed by atoms with Gasteiger partial charge in [0.25, 0.3) is 0 Å². The molecular weight excluding hydrogens is 420 g/mol. The molecule has 4 bridgehead atoms. The number of carbonyl (C=O) groups excluding carboxylic acids is 1. The Morgan fingerprint density at radius 2 is 2.03 bits per heavy atom. The summed E-state index contributed by atoms with van der Waals surface area (Å²) in [6, 6.07) is 0. The van der Waals surface area contributed by atoms with Crippen LogP contribution in [0.2, 0.25) is 0 Å². The summed E-state index contributed by atoms with van der Waals surface area (Å²) < 4.78 is 6.59. The molecule has 3 N–H and O–H groups in total. The van der Waals surface area contributed by atoms with E-state index in [2.05, 4.69) is 26.8 Å². The van der Waals surface area contributed by atoms with Gasteiger partial charge in [0, 0.05) is 12.0 Å². The van der Waals surface area contributed by atoms with E-state index in [1.165, 1.54) is 0 Å². The first-order valence-corrected chi connectivity index (χ1v) is 13.0. The molecule has 1 aliphatic heterocycles. The quantitative estimate of drug-likeness (QED) is 0.379. The SMILES string of the molecule is CC(C)C1=CC2CC3(C=O)[C@@H]4CC[C@@H](C)[C@H]4CC2(C2CC(CCCO)C(CO)O2)C13C(=O)O. The predicted molar refractivity (Wildman–Crippen MR) is 122 cm³/mol. The first-order valence-electron chi connectivity index (χ1n) is 13.0. The molecular formula is C27H40O6. The van der Waals surface area contributed by atoms with Crippen molar-refractivity contribution in [2.75, 3.05) is 13.2 Å². The Morgan fingerprint density at radius 1 is 1.27 bits per heavy atom. The highest BCUT2D eigenvalue weighted by Crippen LogP contribution is 2.84. The molecule has 6 nitrogen and oxygen atoms in total. The summed E-state index contributed by atoms with van der Waals surface area (Å²) in [6.45, 7) is 6.39. The molecule has 33 heavy (non-hydrogen) atoms. The van der Waals surface area contributed by atoms with Crippen LogP contribution in [-0.2, 0) is 14.3 Å². The zero-order valence-corrected chi connectivity index (χ0v) is 20.2. The molecule has 0 aromatic heterocycles. The summed E-state index contributed by atoms with van der Waals surface area (Å²) in [5.41, 5.74) is -1.84. The van der Waals surface area contributed by atoms with Crippen LogP contribution >= 0.6 is 0 Å². The van der Waals surface area contributed by atoms with Gasteiger partial charge in [-0.3, -0.25) is 4.79 Å². The number of aliphatic hydroxyl groups is 2. The van der Waals surface area contributed by atoms with Gasteiger partial charge < -0.3 is 24.9 Å². The Balaban J connectivity index is 1.69. The van der Waals surface area contributed by atoms with Gasteiger partial charge in [0.1, 0.15) is 11.7 Å². The van der Waals surface area contributed by atoms with Gasteiger partial charge in [0.2, 0.25) is 0 Å². The molecule has 184 valence electrons. The van der Waals surface area contributed by atoms with Crippen LogP contribution in [0.3, 0.4) is 0 Å². The Labute approximate surface area is 196 Å². The molecule has 0 radical (unpaired) electrons. The average molecular weight is 461 g/mol. The van der Waals surface area contributed by atoms with Crippen molar-refractivity contribution >= 4 is 12.3 Å². The lowest BCUT2D eigenvalue weighted by Gasteiger charge is -2.60. The second-order valence-electron chi connectivity index (χ2n) is 12.1. The van der Waals surface area contributed by atoms with Crippen molar-refractivity contribution in [3.63, 3.8) is 0 Å². The van der Waals surface area contributed by atoms with E-state index in [0.717, 1.165) is 37.5 Å². The third kappa shape index (κ3) is 2.61. The van der Waals surface area contributed by atoms with Crippen LogP contribution in [0.25, 0.3) is 0 Å². The molecule has 5 rings (SSSR count). The monoisotopic (exact) mass is 460 g/mol. The fraction of sp³-hybridized carbons (Fsp3) is 0.852. The lowest BCUT2D eigenvalue weighted by atomic mass is 9.41. The van der Waals surface area contributed by atoms with Crippen LogP contribution in [0, 0.1) is 51.8 Å². The fourth-order valence-electron chi connectivity index (χ4n) is 9.84. The standard InChI is InChI=1S/C27H40O6/c1-15(2)21-10-18-11-25(14-30)20-7-6-16(3)19(20)12-26(18,27(21,25)24(31)32)23-9-17(5-4-8-28)22(13-29)33-23/h10,14-20,22-23,28-29H,4-9,11-13H2,1-3H3,(H,31,32)/t16-,17?,18?,19-,20-,22?,23?,25?,26?,27?/m1/s1. The van der Waals surface area contributed by atoms with Gasteiger partial charge in [-0.1, -0.05) is 38.8 Å². The summed E-state index contributed by atoms with van der Waals surface area (Å²) in [7, 11) is 0. The van der Waals surface area contributed by atoms with E-state index in [9.17, 15) is 24.9 Å². The van der Waals surface area contributed by atoms with E-state index >= 15 is 0 Å². The summed E-state index contributed by atoms with van der Waals surface area (Å²) in [5, 5.41) is 30.6. The number of rotatable bonds is 8. The molecule has 0 amide bonds. The van der Waals surface area contributed by atoms with Crippen molar-refractivity contribution < 1.29 is 29.6 Å². The van der Waals surface area contributed by atoms with Crippen molar-refractivity contribution in [1.82, 2.24) is 0 Å². The number of fused-ring (bicyclic) bond motifs is 2. The number of carboxylic acid groups (broad SMARTS) is 1. The normalized spacial score (nSPS) is 50.0. The zero-order chi connectivity index (χ0) is 23.8. The van der Waals surface area contributed by atoms with Crippen LogP contribution in [0.15, 0.2) is 11.6 Å². The first-order chi connectivity index (χ1) is 15.7. The Bertz CT molecular complexity index is 852. The Kier molecular flexibility index (Phi) is 5.62. The number of aldehydes is 1. The highest BCUT2D eigenvalue weighted by Gasteiger charge is 2.86. The highest BCUT2D eigenvalue weighted by atomic mass is 16.5. The van der Waals surface area contributed by atoms with E-state index in [-0.39, 0.29) is 49.1 Å². The van der Waals surface area contributed by atoms with Crippen molar-refractivity contribution in [1.29, 1.82) is 0 Å². The van der Waals surface area contributed by atoms with Gasteiger partial charge in [-0.05, 0) is 74.0 Å². The minimum atomic E-state index is -1.23. The van der Waals surface area contributed by atoms with Crippen LogP contribution in [0.1, 0.15) is 65.7 Å². The van der Waals surface area contributed by atoms with E-state index in [0.29, 0.717) is 31.1 Å². The number of carboxylic acids is 1. The summed E-state index contributed by atoms with van der Waals surface area (Å²) in [5.74, 6) is 0.215. The molecule has 1 saturated heterocycles. The lowest BCUT2D eigenvalue weighted by molar-refractivity contribution is -0.198. The molecule has 4 aliphatic carbocycles. The van der Waals surface area contributed by atoms with Gasteiger partial charge in [0.05, 0.1) is 24.2 Å². The predicted octanol–water partition coefficient (Wildman–Crippen LogP) is 3.45. The van der Waals surface area contributed by atoms with Gasteiger partial charge in [-0.25, -0.2) is 0 Å². The van der Waals surface area contributed by atoms with Gasteiger partial charge in [-0.15, -0.1) is 0 Å². The zero-order valence-electron chi connectivity index (χ0n) is 20.2. The number of carbonyl (C=O) groups is 2. The average Bonchev–Trinajstić information content (AvgIpc) is 3.50. The van der Waals surface area contributed by atoms with E-state index < -0.39 is 22.2 Å². The molecule has 7 unspecified atom stereocenters. The van der Waals surface area contributed by atoms with E-state index in [4.69, 9.17) is 4.74 Å². The van der Waals surface area contributed by atoms with E-state index in [1.807, 2.05) is 0 Å². The number of ether oxygens (including phenoxy) is 1. The maximum absolute atomic E-state index is 13.6. The maximum atomic E-state index is 13.6. The largest absolute Gasteiger partial charge is 0.481 e. The van der Waals surface area contributed by atoms with Crippen LogP contribution in [-0.4, -0.2) is 53.0 Å². The number of hydrogen-bond acceptors (Lipinski definition) is 5. The third-order valence-corrected chi connectivity index (χ3v) is 10.9. The lowest BCUT2D eigenvalue weighted by Crippen LogP contribution is -2.65. The first kappa shape index (κ1) is 23.5. The fourth-order valence-corrected chi connectivity index (χ4v) is 9.84. The van der Waals surface area contributed by atoms with E-state index in [1.54, 1.807) is 0 Å². The van der Waals surface area contributed by atoms with Crippen LogP contribution < -0.4 is 0 Å². The number of aliphatic carboxylic acids is 1. The second-order valence-corrected chi connectivity index (χ2v) is 12.1. The topological polar surface area (TPSA) is 104 Å². The Morgan fingerprint density at radius 3 is 2.64 bits per heavy atom. The molecule has 6 heteroatoms. The summed E-state index contributed by atoms with van der Waals surface area (Å²) in [4.78, 5) is 26.7. The molecule has 1 heterocycles. The molecule has 4 fully saturated rings. The Hall–Kier alpha value is -1.24. The molecule has 3 saturated carbocycles. The highest BCUT2D eigenvalue weighted by molar-refractivity contribution is 5.90. The van der Waals surface area contributed by atoms with Crippen molar-refractivity contribution in [2.45, 2.75) is 77.9 Å². The summed E-state index contributed by atoms with van der Waals surface area (Å²) >= 11 is 0. The van der Waals surface area contributed by atoms with Gasteiger partial charge in [-0.2, -0.15) is 0 Å². The molecule has 0 aromatic carbocycles. The maximum Gasteiger partial charge on any atom is 0.315 e. The molecule has 5 aliphatic rings. The summed E-state index contributed by atoms with van der Waals surface area (Å²) in [6.07, 6.45) is 8.09. The number of allylic oxidation sites excluding steroid dienone is 1. The smallest absolute Gasteiger partial charge is 0.315 e. The molecule has 10 atom stereocenters. The molecule has 0 aromatic rings. The van der Waals surface area contributed by atoms with Gasteiger partial charge in [0.15, 0.2) is 0 Å². The van der Waals surface area contributed by atoms with Crippen molar-refractivity contribution in [3.05, 3.63) is 11.6 Å². The number of aliphatic hydroxyl groups excluding tert-OH is 2. The minimum Gasteiger partial charge on any atom is -0.481 e. The van der Waals surface area contributed by atoms with Crippen LogP contribution in [0.4, 0.5) is 0 Å². The van der Waals surface area contributed by atoms with Crippen molar-refractivity contribution in [2.24, 2.45) is 51.8 Å². The second kappa shape index (κ2) is 7.89. The molecule has 0 spiro atoms. The van der Waals surface area contributed by atoms with Crippen molar-refractivity contribution in [3.8, 4) is 0 Å². The minimum absolute atomic E-state index is 0.00920. The third-order valence-electron chi connectivity index (χ3n) is 10.9. The van der Waals surface area contributed by atoms with Crippen LogP contribution in [0.5, 0.6) is 0 Å².